The van der Waals surface area contributed by atoms with Gasteiger partial charge in [0, 0.05) is 14.5 Å². The van der Waals surface area contributed by atoms with Crippen LogP contribution in [0.5, 0.6) is 0 Å². The number of hydrogen-bond acceptors (Lipinski definition) is 2. The highest BCUT2D eigenvalue weighted by Gasteiger charge is 2.19. The van der Waals surface area contributed by atoms with Gasteiger partial charge in [-0.15, -0.1) is 0 Å². The van der Waals surface area contributed by atoms with E-state index < -0.39 is 5.60 Å². The van der Waals surface area contributed by atoms with Gasteiger partial charge in [-0.2, -0.15) is 0 Å². The number of esters is 1. The highest BCUT2D eigenvalue weighted by molar-refractivity contribution is 14.1. The van der Waals surface area contributed by atoms with Crippen molar-refractivity contribution in [1.82, 2.24) is 4.98 Å². The molecule has 18 heavy (non-hydrogen) atoms. The van der Waals surface area contributed by atoms with E-state index in [2.05, 4.69) is 27.6 Å². The van der Waals surface area contributed by atoms with Crippen LogP contribution in [0.3, 0.4) is 0 Å². The summed E-state index contributed by atoms with van der Waals surface area (Å²) >= 11 is 8.20. The number of aromatic nitrogens is 1. The molecule has 0 aliphatic carbocycles. The van der Waals surface area contributed by atoms with Gasteiger partial charge in [-0.1, -0.05) is 11.6 Å². The SMILES string of the molecule is CC(C)(C)OC(=O)c1cc2cc(I)c(Cl)cc2[nH]1. The Labute approximate surface area is 124 Å². The van der Waals surface area contributed by atoms with Crippen LogP contribution in [-0.4, -0.2) is 16.6 Å². The fraction of sp³-hybridized carbons (Fsp3) is 0.308. The van der Waals surface area contributed by atoms with Crippen LogP contribution in [0.25, 0.3) is 10.9 Å². The number of carbonyl (C=O) groups excluding carboxylic acids is 1. The number of halogens is 2. The molecule has 0 fully saturated rings. The lowest BCUT2D eigenvalue weighted by Gasteiger charge is -2.18. The molecule has 1 aromatic heterocycles. The van der Waals surface area contributed by atoms with Crippen LogP contribution in [0.1, 0.15) is 31.3 Å². The maximum absolute atomic E-state index is 11.9. The van der Waals surface area contributed by atoms with Crippen LogP contribution in [0.4, 0.5) is 0 Å². The molecule has 3 nitrogen and oxygen atoms in total. The number of H-pyrrole nitrogens is 1. The molecule has 0 unspecified atom stereocenters. The van der Waals surface area contributed by atoms with Crippen molar-refractivity contribution in [1.29, 1.82) is 0 Å². The maximum Gasteiger partial charge on any atom is 0.355 e. The van der Waals surface area contributed by atoms with Gasteiger partial charge in [0.2, 0.25) is 0 Å². The van der Waals surface area contributed by atoms with Crippen molar-refractivity contribution in [2.45, 2.75) is 26.4 Å². The number of benzene rings is 1. The molecule has 0 saturated heterocycles. The highest BCUT2D eigenvalue weighted by atomic mass is 127. The van der Waals surface area contributed by atoms with Gasteiger partial charge in [0.15, 0.2) is 0 Å². The van der Waals surface area contributed by atoms with Crippen molar-refractivity contribution in [3.8, 4) is 0 Å². The Hall–Kier alpha value is -0.750. The van der Waals surface area contributed by atoms with E-state index in [1.165, 1.54) is 0 Å². The molecule has 96 valence electrons. The van der Waals surface area contributed by atoms with E-state index in [9.17, 15) is 4.79 Å². The fourth-order valence-electron chi connectivity index (χ4n) is 1.57. The Morgan fingerprint density at radius 3 is 2.61 bits per heavy atom. The molecule has 0 bridgehead atoms. The minimum absolute atomic E-state index is 0.357. The highest BCUT2D eigenvalue weighted by Crippen LogP contribution is 2.26. The van der Waals surface area contributed by atoms with Crippen molar-refractivity contribution in [2.24, 2.45) is 0 Å². The van der Waals surface area contributed by atoms with Crippen LogP contribution in [0, 0.1) is 3.57 Å². The summed E-state index contributed by atoms with van der Waals surface area (Å²) in [6, 6.07) is 5.52. The average molecular weight is 378 g/mol. The molecular formula is C13H13ClINO2. The minimum Gasteiger partial charge on any atom is -0.455 e. The molecule has 0 atom stereocenters. The monoisotopic (exact) mass is 377 g/mol. The first-order valence-corrected chi connectivity index (χ1v) is 6.93. The lowest BCUT2D eigenvalue weighted by atomic mass is 10.2. The van der Waals surface area contributed by atoms with Crippen molar-refractivity contribution in [3.63, 3.8) is 0 Å². The molecule has 0 saturated carbocycles. The van der Waals surface area contributed by atoms with Crippen LogP contribution in [0.15, 0.2) is 18.2 Å². The lowest BCUT2D eigenvalue weighted by Crippen LogP contribution is -2.24. The van der Waals surface area contributed by atoms with Gasteiger partial charge in [-0.3, -0.25) is 0 Å². The van der Waals surface area contributed by atoms with E-state index in [1.54, 1.807) is 6.07 Å². The molecule has 5 heteroatoms. The predicted octanol–water partition coefficient (Wildman–Crippen LogP) is 4.38. The number of carbonyl (C=O) groups is 1. The Bertz CT molecular complexity index is 574. The predicted molar refractivity (Wildman–Crippen MR) is 81.2 cm³/mol. The summed E-state index contributed by atoms with van der Waals surface area (Å²) in [5, 5.41) is 1.62. The summed E-state index contributed by atoms with van der Waals surface area (Å²) in [5.74, 6) is -0.357. The normalized spacial score (nSPS) is 11.8. The third-order valence-electron chi connectivity index (χ3n) is 2.28. The minimum atomic E-state index is -0.500. The quantitative estimate of drug-likeness (QED) is 0.592. The molecule has 0 aliphatic rings. The van der Waals surface area contributed by atoms with Gasteiger partial charge in [0.25, 0.3) is 0 Å². The Balaban J connectivity index is 2.39. The second-order valence-electron chi connectivity index (χ2n) is 5.04. The second-order valence-corrected chi connectivity index (χ2v) is 6.61. The average Bonchev–Trinajstić information content (AvgIpc) is 2.59. The number of nitrogens with one attached hydrogen (secondary N) is 1. The summed E-state index contributed by atoms with van der Waals surface area (Å²) in [7, 11) is 0. The van der Waals surface area contributed by atoms with Gasteiger partial charge in [-0.05, 0) is 61.6 Å². The molecule has 0 radical (unpaired) electrons. The molecule has 0 amide bonds. The zero-order valence-electron chi connectivity index (χ0n) is 10.3. The van der Waals surface area contributed by atoms with E-state index in [-0.39, 0.29) is 5.97 Å². The fourth-order valence-corrected chi connectivity index (χ4v) is 2.22. The molecule has 1 heterocycles. The van der Waals surface area contributed by atoms with Crippen molar-refractivity contribution in [2.75, 3.05) is 0 Å². The van der Waals surface area contributed by atoms with E-state index >= 15 is 0 Å². The number of fused-ring (bicyclic) bond motifs is 1. The molecule has 2 aromatic rings. The summed E-state index contributed by atoms with van der Waals surface area (Å²) in [6.07, 6.45) is 0. The van der Waals surface area contributed by atoms with Crippen LogP contribution in [-0.2, 0) is 4.74 Å². The molecule has 1 aromatic carbocycles. The van der Waals surface area contributed by atoms with Gasteiger partial charge in [-0.25, -0.2) is 4.79 Å². The molecular weight excluding hydrogens is 365 g/mol. The number of ether oxygens (including phenoxy) is 1. The number of aromatic amines is 1. The van der Waals surface area contributed by atoms with Crippen LogP contribution >= 0.6 is 34.2 Å². The molecule has 0 spiro atoms. The smallest absolute Gasteiger partial charge is 0.355 e. The Kier molecular flexibility index (Phi) is 3.60. The van der Waals surface area contributed by atoms with Crippen LogP contribution in [0.2, 0.25) is 5.02 Å². The summed E-state index contributed by atoms with van der Waals surface area (Å²) in [4.78, 5) is 14.9. The van der Waals surface area contributed by atoms with E-state index in [1.807, 2.05) is 32.9 Å². The molecule has 1 N–H and O–H groups in total. The Morgan fingerprint density at radius 1 is 1.33 bits per heavy atom. The molecule has 0 aliphatic heterocycles. The first kappa shape index (κ1) is 13.7. The first-order valence-electron chi connectivity index (χ1n) is 5.47. The van der Waals surface area contributed by atoms with Crippen molar-refractivity contribution in [3.05, 3.63) is 32.5 Å². The van der Waals surface area contributed by atoms with E-state index in [4.69, 9.17) is 16.3 Å². The first-order chi connectivity index (χ1) is 8.26. The number of rotatable bonds is 1. The standard InChI is InChI=1S/C13H13ClINO2/c1-13(2,3)18-12(17)11-5-7-4-9(15)8(14)6-10(7)16-11/h4-6,16H,1-3H3. The van der Waals surface area contributed by atoms with Crippen molar-refractivity contribution < 1.29 is 9.53 Å². The van der Waals surface area contributed by atoms with Crippen molar-refractivity contribution >= 4 is 51.1 Å². The third kappa shape index (κ3) is 2.98. The largest absolute Gasteiger partial charge is 0.455 e. The zero-order valence-corrected chi connectivity index (χ0v) is 13.2. The lowest BCUT2D eigenvalue weighted by molar-refractivity contribution is 0.00639. The summed E-state index contributed by atoms with van der Waals surface area (Å²) < 4.78 is 6.26. The zero-order chi connectivity index (χ0) is 13.5. The van der Waals surface area contributed by atoms with Gasteiger partial charge >= 0.3 is 5.97 Å². The van der Waals surface area contributed by atoms with Gasteiger partial charge < -0.3 is 9.72 Å². The van der Waals surface area contributed by atoms with Gasteiger partial charge in [0.05, 0.1) is 5.02 Å². The third-order valence-corrected chi connectivity index (χ3v) is 3.80. The van der Waals surface area contributed by atoms with E-state index in [0.717, 1.165) is 14.5 Å². The second kappa shape index (κ2) is 4.74. The van der Waals surface area contributed by atoms with Gasteiger partial charge in [0.1, 0.15) is 11.3 Å². The van der Waals surface area contributed by atoms with Crippen LogP contribution < -0.4 is 0 Å². The maximum atomic E-state index is 11.9. The van der Waals surface area contributed by atoms with E-state index in [0.29, 0.717) is 10.7 Å². The molecule has 2 rings (SSSR count). The summed E-state index contributed by atoms with van der Waals surface area (Å²) in [6.45, 7) is 5.52. The summed E-state index contributed by atoms with van der Waals surface area (Å²) in [5.41, 5.74) is 0.778. The number of hydrogen-bond donors (Lipinski definition) is 1. The topological polar surface area (TPSA) is 42.1 Å². The Morgan fingerprint density at radius 2 is 2.00 bits per heavy atom.